The maximum Gasteiger partial charge on any atom is 0.158 e. The van der Waals surface area contributed by atoms with Gasteiger partial charge in [0.15, 0.2) is 15.5 Å². The Balaban J connectivity index is 2.03. The maximum atomic E-state index is 11.2. The molecule has 1 aromatic heterocycles. The average Bonchev–Trinajstić information content (AvgIpc) is 2.59. The van der Waals surface area contributed by atoms with E-state index in [4.69, 9.17) is 5.26 Å². The van der Waals surface area contributed by atoms with Crippen molar-refractivity contribution >= 4 is 15.7 Å². The summed E-state index contributed by atoms with van der Waals surface area (Å²) in [6.45, 7) is 0. The van der Waals surface area contributed by atoms with E-state index in [1.165, 1.54) is 12.4 Å². The number of nitriles is 1. The SMILES string of the molecule is N#Cc1cnc(NC2CCS(=O)(=O)C2)cn1. The van der Waals surface area contributed by atoms with Gasteiger partial charge in [-0.15, -0.1) is 0 Å². The lowest BCUT2D eigenvalue weighted by atomic mass is 10.3. The zero-order valence-corrected chi connectivity index (χ0v) is 9.24. The number of anilines is 1. The number of nitrogens with zero attached hydrogens (tertiary/aromatic N) is 3. The standard InChI is InChI=1S/C9H10N4O2S/c10-3-8-4-12-9(5-11-8)13-7-1-2-16(14,15)6-7/h4-5,7H,1-2,6H2,(H,12,13). The molecule has 0 spiro atoms. The van der Waals surface area contributed by atoms with Gasteiger partial charge in [0.25, 0.3) is 0 Å². The molecular formula is C9H10N4O2S. The van der Waals surface area contributed by atoms with E-state index in [2.05, 4.69) is 15.3 Å². The van der Waals surface area contributed by atoms with Crippen LogP contribution in [0.15, 0.2) is 12.4 Å². The van der Waals surface area contributed by atoms with Gasteiger partial charge in [0.1, 0.15) is 11.9 Å². The van der Waals surface area contributed by atoms with Crippen LogP contribution in [0.25, 0.3) is 0 Å². The highest BCUT2D eigenvalue weighted by molar-refractivity contribution is 7.91. The minimum Gasteiger partial charge on any atom is -0.365 e. The quantitative estimate of drug-likeness (QED) is 0.775. The second-order valence-corrected chi connectivity index (χ2v) is 5.87. The molecule has 1 aliphatic heterocycles. The number of hydrogen-bond donors (Lipinski definition) is 1. The van der Waals surface area contributed by atoms with Crippen LogP contribution in [0.4, 0.5) is 5.82 Å². The van der Waals surface area contributed by atoms with Crippen LogP contribution in [0.1, 0.15) is 12.1 Å². The molecule has 7 heteroatoms. The van der Waals surface area contributed by atoms with E-state index in [0.717, 1.165) is 0 Å². The maximum absolute atomic E-state index is 11.2. The summed E-state index contributed by atoms with van der Waals surface area (Å²) in [5, 5.41) is 11.5. The Hall–Kier alpha value is -1.68. The van der Waals surface area contributed by atoms with Gasteiger partial charge in [-0.2, -0.15) is 5.26 Å². The van der Waals surface area contributed by atoms with Crippen molar-refractivity contribution in [3.63, 3.8) is 0 Å². The van der Waals surface area contributed by atoms with Gasteiger partial charge in [-0.25, -0.2) is 18.4 Å². The van der Waals surface area contributed by atoms with E-state index in [1.807, 2.05) is 6.07 Å². The molecule has 1 fully saturated rings. The van der Waals surface area contributed by atoms with Crippen LogP contribution in [0, 0.1) is 11.3 Å². The van der Waals surface area contributed by atoms with Crippen molar-refractivity contribution in [3.05, 3.63) is 18.1 Å². The molecule has 16 heavy (non-hydrogen) atoms. The zero-order valence-electron chi connectivity index (χ0n) is 8.42. The Morgan fingerprint density at radius 1 is 1.44 bits per heavy atom. The first-order valence-corrected chi connectivity index (χ1v) is 6.60. The molecule has 1 aliphatic rings. The molecule has 1 aromatic rings. The lowest BCUT2D eigenvalue weighted by Gasteiger charge is -2.10. The molecule has 1 saturated heterocycles. The number of sulfone groups is 1. The van der Waals surface area contributed by atoms with Gasteiger partial charge < -0.3 is 5.32 Å². The number of hydrogen-bond acceptors (Lipinski definition) is 6. The molecule has 0 saturated carbocycles. The predicted octanol–water partition coefficient (Wildman–Crippen LogP) is -0.0527. The highest BCUT2D eigenvalue weighted by Crippen LogP contribution is 2.15. The molecule has 1 N–H and O–H groups in total. The monoisotopic (exact) mass is 238 g/mol. The van der Waals surface area contributed by atoms with Crippen molar-refractivity contribution in [1.29, 1.82) is 5.26 Å². The zero-order chi connectivity index (χ0) is 11.6. The van der Waals surface area contributed by atoms with Crippen LogP contribution in [0.2, 0.25) is 0 Å². The summed E-state index contributed by atoms with van der Waals surface area (Å²) in [5.41, 5.74) is 0.240. The van der Waals surface area contributed by atoms with Gasteiger partial charge in [0.05, 0.1) is 23.9 Å². The molecule has 0 aliphatic carbocycles. The third-order valence-corrected chi connectivity index (χ3v) is 4.12. The molecular weight excluding hydrogens is 228 g/mol. The van der Waals surface area contributed by atoms with Gasteiger partial charge in [-0.3, -0.25) is 0 Å². The average molecular weight is 238 g/mol. The minimum absolute atomic E-state index is 0.104. The molecule has 2 rings (SSSR count). The topological polar surface area (TPSA) is 95.7 Å². The van der Waals surface area contributed by atoms with E-state index in [1.54, 1.807) is 0 Å². The van der Waals surface area contributed by atoms with Gasteiger partial charge in [-0.1, -0.05) is 0 Å². The first-order chi connectivity index (χ1) is 7.59. The lowest BCUT2D eigenvalue weighted by molar-refractivity contribution is 0.602. The van der Waals surface area contributed by atoms with Crippen molar-refractivity contribution in [2.75, 3.05) is 16.8 Å². The van der Waals surface area contributed by atoms with Crippen LogP contribution < -0.4 is 5.32 Å². The van der Waals surface area contributed by atoms with Gasteiger partial charge in [-0.05, 0) is 6.42 Å². The lowest BCUT2D eigenvalue weighted by Crippen LogP contribution is -2.21. The Kier molecular flexibility index (Phi) is 2.75. The second-order valence-electron chi connectivity index (χ2n) is 3.64. The fourth-order valence-electron chi connectivity index (χ4n) is 1.58. The van der Waals surface area contributed by atoms with Crippen LogP contribution in [-0.2, 0) is 9.84 Å². The molecule has 6 nitrogen and oxygen atoms in total. The molecule has 84 valence electrons. The summed E-state index contributed by atoms with van der Waals surface area (Å²) in [6.07, 6.45) is 3.37. The highest BCUT2D eigenvalue weighted by atomic mass is 32.2. The highest BCUT2D eigenvalue weighted by Gasteiger charge is 2.27. The molecule has 1 atom stereocenters. The summed E-state index contributed by atoms with van der Waals surface area (Å²) in [6, 6.07) is 1.76. The fourth-order valence-corrected chi connectivity index (χ4v) is 3.25. The van der Waals surface area contributed by atoms with E-state index < -0.39 is 9.84 Å². The van der Waals surface area contributed by atoms with Crippen LogP contribution >= 0.6 is 0 Å². The summed E-state index contributed by atoms with van der Waals surface area (Å²) in [5.74, 6) is 0.851. The predicted molar refractivity (Wildman–Crippen MR) is 57.4 cm³/mol. The molecule has 0 radical (unpaired) electrons. The van der Waals surface area contributed by atoms with Gasteiger partial charge in [0.2, 0.25) is 0 Å². The Labute approximate surface area is 93.3 Å². The summed E-state index contributed by atoms with van der Waals surface area (Å²) in [4.78, 5) is 7.81. The minimum atomic E-state index is -2.89. The van der Waals surface area contributed by atoms with E-state index >= 15 is 0 Å². The van der Waals surface area contributed by atoms with E-state index in [-0.39, 0.29) is 23.2 Å². The van der Waals surface area contributed by atoms with Crippen LogP contribution in [-0.4, -0.2) is 35.9 Å². The first kappa shape index (κ1) is 10.8. The third-order valence-electron chi connectivity index (χ3n) is 2.35. The Morgan fingerprint density at radius 2 is 2.25 bits per heavy atom. The third kappa shape index (κ3) is 2.46. The van der Waals surface area contributed by atoms with Crippen molar-refractivity contribution in [1.82, 2.24) is 9.97 Å². The molecule has 0 amide bonds. The molecule has 2 heterocycles. The van der Waals surface area contributed by atoms with E-state index in [9.17, 15) is 8.42 Å². The fraction of sp³-hybridized carbons (Fsp3) is 0.444. The van der Waals surface area contributed by atoms with Crippen molar-refractivity contribution < 1.29 is 8.42 Å². The Morgan fingerprint density at radius 3 is 2.75 bits per heavy atom. The number of nitrogens with one attached hydrogen (secondary N) is 1. The summed E-state index contributed by atoms with van der Waals surface area (Å²) in [7, 11) is -2.89. The van der Waals surface area contributed by atoms with Crippen molar-refractivity contribution in [3.8, 4) is 6.07 Å². The molecule has 1 unspecified atom stereocenters. The summed E-state index contributed by atoms with van der Waals surface area (Å²) >= 11 is 0. The van der Waals surface area contributed by atoms with Crippen LogP contribution in [0.5, 0.6) is 0 Å². The smallest absolute Gasteiger partial charge is 0.158 e. The molecule has 0 bridgehead atoms. The number of rotatable bonds is 2. The van der Waals surface area contributed by atoms with Crippen molar-refractivity contribution in [2.24, 2.45) is 0 Å². The summed E-state index contributed by atoms with van der Waals surface area (Å²) < 4.78 is 22.4. The largest absolute Gasteiger partial charge is 0.365 e. The van der Waals surface area contributed by atoms with Gasteiger partial charge >= 0.3 is 0 Å². The van der Waals surface area contributed by atoms with Crippen molar-refractivity contribution in [2.45, 2.75) is 12.5 Å². The van der Waals surface area contributed by atoms with Gasteiger partial charge in [0, 0.05) is 6.04 Å². The van der Waals surface area contributed by atoms with Crippen LogP contribution in [0.3, 0.4) is 0 Å². The second kappa shape index (κ2) is 4.06. The normalized spacial score (nSPS) is 22.6. The first-order valence-electron chi connectivity index (χ1n) is 4.78. The Bertz CT molecular complexity index is 517. The number of aromatic nitrogens is 2. The van der Waals surface area contributed by atoms with E-state index in [0.29, 0.717) is 12.2 Å². The molecule has 0 aromatic carbocycles.